The van der Waals surface area contributed by atoms with Crippen LogP contribution in [0.1, 0.15) is 33.6 Å². The molecule has 0 aromatic rings. The average molecular weight is 196 g/mol. The summed E-state index contributed by atoms with van der Waals surface area (Å²) in [5.41, 5.74) is 0. The summed E-state index contributed by atoms with van der Waals surface area (Å²) in [5.74, 6) is 0. The van der Waals surface area contributed by atoms with Crippen LogP contribution < -0.4 is 0 Å². The Hall–Kier alpha value is 0.310. The van der Waals surface area contributed by atoms with Gasteiger partial charge in [-0.2, -0.15) is 0 Å². The van der Waals surface area contributed by atoms with Crippen molar-refractivity contribution in [2.75, 3.05) is 18.9 Å². The fraction of sp³-hybridized carbons (Fsp3) is 1.00. The van der Waals surface area contributed by atoms with Gasteiger partial charge in [-0.1, -0.05) is 0 Å². The second kappa shape index (κ2) is 4.52. The first-order valence-corrected chi connectivity index (χ1v) is 7.06. The minimum absolute atomic E-state index is 0.333. The Morgan fingerprint density at radius 1 is 1.17 bits per heavy atom. The maximum atomic E-state index is 9.88. The van der Waals surface area contributed by atoms with Gasteiger partial charge in [-0.3, -0.25) is 0 Å². The monoisotopic (exact) mass is 196 g/mol. The fourth-order valence-electron chi connectivity index (χ4n) is 1.09. The Balaban J connectivity index is 4.18. The second-order valence-electron chi connectivity index (χ2n) is 3.11. The van der Waals surface area contributed by atoms with Crippen molar-refractivity contribution in [2.24, 2.45) is 0 Å². The van der Waals surface area contributed by atoms with Crippen molar-refractivity contribution in [1.29, 1.82) is 0 Å². The SMILES string of the molecule is CCCCP(O)(O)(CC)OCC. The van der Waals surface area contributed by atoms with Crippen LogP contribution in [0.25, 0.3) is 0 Å². The Morgan fingerprint density at radius 3 is 2.08 bits per heavy atom. The van der Waals surface area contributed by atoms with Gasteiger partial charge >= 0.3 is 74.1 Å². The van der Waals surface area contributed by atoms with Crippen molar-refractivity contribution in [1.82, 2.24) is 0 Å². The van der Waals surface area contributed by atoms with Gasteiger partial charge in [0.2, 0.25) is 0 Å². The van der Waals surface area contributed by atoms with Crippen LogP contribution in [0, 0.1) is 0 Å². The molecule has 0 amide bonds. The summed E-state index contributed by atoms with van der Waals surface area (Å²) in [6.07, 6.45) is 2.52. The van der Waals surface area contributed by atoms with Gasteiger partial charge in [0.1, 0.15) is 0 Å². The number of unbranched alkanes of at least 4 members (excludes halogenated alkanes) is 1. The van der Waals surface area contributed by atoms with Crippen LogP contribution >= 0.6 is 7.28 Å². The van der Waals surface area contributed by atoms with Gasteiger partial charge < -0.3 is 0 Å². The molecule has 3 nitrogen and oxygen atoms in total. The molecule has 0 bridgehead atoms. The van der Waals surface area contributed by atoms with Crippen LogP contribution in [-0.2, 0) is 4.52 Å². The van der Waals surface area contributed by atoms with Gasteiger partial charge in [-0.05, 0) is 0 Å². The van der Waals surface area contributed by atoms with E-state index in [0.29, 0.717) is 18.9 Å². The van der Waals surface area contributed by atoms with E-state index in [2.05, 4.69) is 0 Å². The minimum atomic E-state index is -3.71. The van der Waals surface area contributed by atoms with E-state index < -0.39 is 7.28 Å². The molecule has 76 valence electrons. The first-order chi connectivity index (χ1) is 5.46. The van der Waals surface area contributed by atoms with Gasteiger partial charge in [0.25, 0.3) is 0 Å². The second-order valence-corrected chi connectivity index (χ2v) is 7.05. The van der Waals surface area contributed by atoms with Crippen molar-refractivity contribution in [3.05, 3.63) is 0 Å². The molecule has 0 saturated carbocycles. The molecule has 0 aliphatic rings. The molecule has 0 saturated heterocycles. The predicted molar refractivity (Wildman–Crippen MR) is 53.3 cm³/mol. The number of rotatable bonds is 6. The Labute approximate surface area is 74.9 Å². The summed E-state index contributed by atoms with van der Waals surface area (Å²) >= 11 is 0. The summed E-state index contributed by atoms with van der Waals surface area (Å²) in [6, 6.07) is 0. The average Bonchev–Trinajstić information content (AvgIpc) is 2.02. The molecule has 0 radical (unpaired) electrons. The molecule has 2 N–H and O–H groups in total. The molecule has 0 atom stereocenters. The van der Waals surface area contributed by atoms with Crippen LogP contribution in [0.5, 0.6) is 0 Å². The van der Waals surface area contributed by atoms with Gasteiger partial charge in [-0.25, -0.2) is 0 Å². The van der Waals surface area contributed by atoms with Gasteiger partial charge in [0.05, 0.1) is 0 Å². The summed E-state index contributed by atoms with van der Waals surface area (Å²) < 4.78 is 5.11. The van der Waals surface area contributed by atoms with Crippen molar-refractivity contribution in [2.45, 2.75) is 33.6 Å². The molecule has 0 aliphatic heterocycles. The topological polar surface area (TPSA) is 49.7 Å². The molecule has 0 fully saturated rings. The van der Waals surface area contributed by atoms with Crippen molar-refractivity contribution < 1.29 is 14.3 Å². The van der Waals surface area contributed by atoms with E-state index in [9.17, 15) is 9.79 Å². The molecule has 0 aromatic heterocycles. The molecule has 0 heterocycles. The van der Waals surface area contributed by atoms with E-state index >= 15 is 0 Å². The molecule has 0 aliphatic carbocycles. The Kier molecular flexibility index (Phi) is 4.64. The zero-order valence-electron chi connectivity index (χ0n) is 8.29. The van der Waals surface area contributed by atoms with Gasteiger partial charge in [-0.15, -0.1) is 0 Å². The zero-order chi connectivity index (χ0) is 9.69. The normalized spacial score (nSPS) is 15.6. The van der Waals surface area contributed by atoms with E-state index in [1.54, 1.807) is 13.8 Å². The zero-order valence-corrected chi connectivity index (χ0v) is 9.18. The first-order valence-electron chi connectivity index (χ1n) is 4.63. The first kappa shape index (κ1) is 12.3. The standard InChI is InChI=1S/C8H21O3P/c1-4-7-8-12(9,10,6-3)11-5-2/h9-10H,4-8H2,1-3H3. The van der Waals surface area contributed by atoms with Crippen molar-refractivity contribution in [3.8, 4) is 0 Å². The molecule has 0 spiro atoms. The van der Waals surface area contributed by atoms with Gasteiger partial charge in [0.15, 0.2) is 0 Å². The Morgan fingerprint density at radius 2 is 1.75 bits per heavy atom. The summed E-state index contributed by atoms with van der Waals surface area (Å²) in [6.45, 7) is 5.96. The molecule has 0 unspecified atom stereocenters. The van der Waals surface area contributed by atoms with Gasteiger partial charge in [0, 0.05) is 0 Å². The summed E-state index contributed by atoms with van der Waals surface area (Å²) in [5, 5.41) is 0. The van der Waals surface area contributed by atoms with Crippen LogP contribution in [0.4, 0.5) is 0 Å². The summed E-state index contributed by atoms with van der Waals surface area (Å²) in [7, 11) is -3.71. The van der Waals surface area contributed by atoms with Crippen molar-refractivity contribution in [3.63, 3.8) is 0 Å². The summed E-state index contributed by atoms with van der Waals surface area (Å²) in [4.78, 5) is 19.8. The molecular weight excluding hydrogens is 175 g/mol. The molecular formula is C8H21O3P. The fourth-order valence-corrected chi connectivity index (χ4v) is 3.26. The van der Waals surface area contributed by atoms with E-state index in [1.165, 1.54) is 0 Å². The van der Waals surface area contributed by atoms with Crippen molar-refractivity contribution >= 4 is 7.28 Å². The van der Waals surface area contributed by atoms with Crippen LogP contribution in [0.3, 0.4) is 0 Å². The predicted octanol–water partition coefficient (Wildman–Crippen LogP) is 2.13. The van der Waals surface area contributed by atoms with E-state index in [4.69, 9.17) is 4.52 Å². The molecule has 12 heavy (non-hydrogen) atoms. The van der Waals surface area contributed by atoms with Crippen LogP contribution in [0.2, 0.25) is 0 Å². The third-order valence-corrected chi connectivity index (χ3v) is 5.36. The van der Waals surface area contributed by atoms with E-state index in [1.807, 2.05) is 6.92 Å². The van der Waals surface area contributed by atoms with E-state index in [0.717, 1.165) is 12.8 Å². The van der Waals surface area contributed by atoms with E-state index in [-0.39, 0.29) is 0 Å². The number of hydrogen-bond donors (Lipinski definition) is 2. The maximum absolute atomic E-state index is 9.88. The molecule has 0 rings (SSSR count). The van der Waals surface area contributed by atoms with Crippen LogP contribution in [0.15, 0.2) is 0 Å². The molecule has 4 heteroatoms. The third kappa shape index (κ3) is 3.81. The van der Waals surface area contributed by atoms with Crippen LogP contribution in [-0.4, -0.2) is 28.7 Å². The molecule has 0 aromatic carbocycles. The Bertz CT molecular complexity index is 136. The quantitative estimate of drug-likeness (QED) is 0.640. The third-order valence-electron chi connectivity index (χ3n) is 2.02. The number of hydrogen-bond acceptors (Lipinski definition) is 3.